The molecule has 0 fully saturated rings. The van der Waals surface area contributed by atoms with Crippen LogP contribution in [0.4, 0.5) is 11.8 Å². The van der Waals surface area contributed by atoms with Crippen LogP contribution in [0.15, 0.2) is 42.6 Å². The third kappa shape index (κ3) is 3.71. The number of benzene rings is 1. The molecule has 0 atom stereocenters. The van der Waals surface area contributed by atoms with Crippen LogP contribution < -0.4 is 5.32 Å². The van der Waals surface area contributed by atoms with E-state index in [9.17, 15) is 0 Å². The molecule has 2 aromatic heterocycles. The summed E-state index contributed by atoms with van der Waals surface area (Å²) in [5.41, 5.74) is 3.14. The van der Waals surface area contributed by atoms with Crippen molar-refractivity contribution in [3.8, 4) is 0 Å². The number of hydrogen-bond donors (Lipinski definition) is 1. The highest BCUT2D eigenvalue weighted by Gasteiger charge is 2.07. The van der Waals surface area contributed by atoms with E-state index in [0.29, 0.717) is 11.8 Å². The van der Waals surface area contributed by atoms with Gasteiger partial charge in [0.1, 0.15) is 0 Å². The van der Waals surface area contributed by atoms with Gasteiger partial charge in [0.05, 0.1) is 17.9 Å². The van der Waals surface area contributed by atoms with Crippen molar-refractivity contribution in [2.75, 3.05) is 5.32 Å². The Labute approximate surface area is 135 Å². The molecule has 3 aromatic rings. The van der Waals surface area contributed by atoms with Crippen molar-refractivity contribution in [3.05, 3.63) is 59.5 Å². The maximum absolute atomic E-state index is 4.52. The first-order valence-corrected chi connectivity index (χ1v) is 7.85. The molecule has 2 heterocycles. The number of anilines is 2. The predicted molar refractivity (Wildman–Crippen MR) is 89.6 cm³/mol. The van der Waals surface area contributed by atoms with E-state index in [2.05, 4.69) is 51.6 Å². The van der Waals surface area contributed by atoms with Gasteiger partial charge in [-0.1, -0.05) is 44.2 Å². The fourth-order valence-electron chi connectivity index (χ4n) is 2.39. The third-order valence-corrected chi connectivity index (χ3v) is 3.58. The highest BCUT2D eigenvalue weighted by Crippen LogP contribution is 2.12. The van der Waals surface area contributed by atoms with E-state index in [1.54, 1.807) is 0 Å². The maximum Gasteiger partial charge on any atom is 0.248 e. The second-order valence-corrected chi connectivity index (χ2v) is 5.25. The molecule has 6 nitrogen and oxygen atoms in total. The lowest BCUT2D eigenvalue weighted by Gasteiger charge is -2.06. The van der Waals surface area contributed by atoms with Gasteiger partial charge in [0, 0.05) is 12.3 Å². The molecule has 0 amide bonds. The molecule has 3 rings (SSSR count). The van der Waals surface area contributed by atoms with Crippen molar-refractivity contribution in [2.24, 2.45) is 0 Å². The zero-order valence-electron chi connectivity index (χ0n) is 13.4. The van der Waals surface area contributed by atoms with Gasteiger partial charge in [0.15, 0.2) is 5.82 Å². The molecule has 0 aliphatic heterocycles. The fourth-order valence-corrected chi connectivity index (χ4v) is 2.39. The summed E-state index contributed by atoms with van der Waals surface area (Å²) in [7, 11) is 0. The first-order chi connectivity index (χ1) is 11.3. The van der Waals surface area contributed by atoms with Crippen molar-refractivity contribution in [3.63, 3.8) is 0 Å². The van der Waals surface area contributed by atoms with Crippen LogP contribution in [-0.4, -0.2) is 25.0 Å². The molecule has 118 valence electrons. The quantitative estimate of drug-likeness (QED) is 0.758. The average Bonchev–Trinajstić information content (AvgIpc) is 3.02. The minimum Gasteiger partial charge on any atom is -0.306 e. The molecule has 6 heteroatoms. The van der Waals surface area contributed by atoms with Gasteiger partial charge in [0.2, 0.25) is 5.95 Å². The fraction of sp³-hybridized carbons (Fsp3) is 0.294. The van der Waals surface area contributed by atoms with Crippen LogP contribution in [0, 0.1) is 0 Å². The lowest BCUT2D eigenvalue weighted by molar-refractivity contribution is 0.689. The van der Waals surface area contributed by atoms with Crippen LogP contribution in [-0.2, 0) is 19.4 Å². The third-order valence-electron chi connectivity index (χ3n) is 3.58. The average molecular weight is 308 g/mol. The van der Waals surface area contributed by atoms with Crippen LogP contribution in [0.5, 0.6) is 0 Å². The zero-order valence-corrected chi connectivity index (χ0v) is 13.4. The van der Waals surface area contributed by atoms with E-state index in [1.807, 2.05) is 35.1 Å². The van der Waals surface area contributed by atoms with E-state index in [0.717, 1.165) is 30.8 Å². The molecule has 0 aliphatic carbocycles. The highest BCUT2D eigenvalue weighted by molar-refractivity contribution is 5.46. The van der Waals surface area contributed by atoms with Crippen molar-refractivity contribution in [1.82, 2.24) is 25.0 Å². The number of rotatable bonds is 6. The molecule has 0 spiro atoms. The van der Waals surface area contributed by atoms with E-state index in [1.165, 1.54) is 5.56 Å². The Hall–Kier alpha value is -2.76. The van der Waals surface area contributed by atoms with Crippen LogP contribution >= 0.6 is 0 Å². The summed E-state index contributed by atoms with van der Waals surface area (Å²) in [5.74, 6) is 1.21. The summed E-state index contributed by atoms with van der Waals surface area (Å²) < 4.78 is 1.88. The Morgan fingerprint density at radius 1 is 0.957 bits per heavy atom. The Morgan fingerprint density at radius 2 is 1.74 bits per heavy atom. The Morgan fingerprint density at radius 3 is 2.48 bits per heavy atom. The van der Waals surface area contributed by atoms with Crippen molar-refractivity contribution >= 4 is 11.8 Å². The minimum absolute atomic E-state index is 0.490. The number of aromatic nitrogens is 5. The topological polar surface area (TPSA) is 68.5 Å². The molecule has 0 radical (unpaired) electrons. The summed E-state index contributed by atoms with van der Waals surface area (Å²) >= 11 is 0. The molecule has 1 aromatic carbocycles. The standard InChI is InChI=1S/C17H20N6/c1-3-14-15(4-2)20-21-17(18-14)19-16-10-11-23(22-16)12-13-8-6-5-7-9-13/h5-11H,3-4,12H2,1-2H3,(H,18,19,21,22). The van der Waals surface area contributed by atoms with E-state index in [4.69, 9.17) is 0 Å². The van der Waals surface area contributed by atoms with Crippen LogP contribution in [0.2, 0.25) is 0 Å². The molecule has 0 unspecified atom stereocenters. The van der Waals surface area contributed by atoms with Gasteiger partial charge in [-0.25, -0.2) is 4.98 Å². The molecular formula is C17H20N6. The summed E-state index contributed by atoms with van der Waals surface area (Å²) in [6.07, 6.45) is 3.62. The Kier molecular flexibility index (Phi) is 4.61. The van der Waals surface area contributed by atoms with Gasteiger partial charge >= 0.3 is 0 Å². The van der Waals surface area contributed by atoms with E-state index in [-0.39, 0.29) is 0 Å². The lowest BCUT2D eigenvalue weighted by Crippen LogP contribution is -2.07. The summed E-state index contributed by atoms with van der Waals surface area (Å²) in [4.78, 5) is 4.52. The zero-order chi connectivity index (χ0) is 16.1. The molecular weight excluding hydrogens is 288 g/mol. The van der Waals surface area contributed by atoms with Gasteiger partial charge in [-0.05, 0) is 18.4 Å². The second kappa shape index (κ2) is 7.00. The van der Waals surface area contributed by atoms with Crippen molar-refractivity contribution < 1.29 is 0 Å². The number of nitrogens with one attached hydrogen (secondary N) is 1. The van der Waals surface area contributed by atoms with Crippen LogP contribution in [0.1, 0.15) is 30.8 Å². The summed E-state index contributed by atoms with van der Waals surface area (Å²) in [6, 6.07) is 12.1. The number of hydrogen-bond acceptors (Lipinski definition) is 5. The number of nitrogens with zero attached hydrogens (tertiary/aromatic N) is 5. The molecule has 1 N–H and O–H groups in total. The largest absolute Gasteiger partial charge is 0.306 e. The summed E-state index contributed by atoms with van der Waals surface area (Å²) in [5, 5.41) is 16.0. The molecule has 0 bridgehead atoms. The normalized spacial score (nSPS) is 10.7. The SMILES string of the molecule is CCc1nnc(Nc2ccn(Cc3ccccc3)n2)nc1CC. The monoisotopic (exact) mass is 308 g/mol. The van der Waals surface area contributed by atoms with Gasteiger partial charge in [0.25, 0.3) is 0 Å². The minimum atomic E-state index is 0.490. The van der Waals surface area contributed by atoms with Crippen molar-refractivity contribution in [2.45, 2.75) is 33.2 Å². The van der Waals surface area contributed by atoms with Gasteiger partial charge in [-0.2, -0.15) is 5.10 Å². The Balaban J connectivity index is 1.71. The molecule has 0 saturated heterocycles. The highest BCUT2D eigenvalue weighted by atomic mass is 15.3. The predicted octanol–water partition coefficient (Wildman–Crippen LogP) is 2.98. The first kappa shape index (κ1) is 15.1. The second-order valence-electron chi connectivity index (χ2n) is 5.25. The maximum atomic E-state index is 4.52. The van der Waals surface area contributed by atoms with Gasteiger partial charge in [-0.3, -0.25) is 4.68 Å². The van der Waals surface area contributed by atoms with E-state index < -0.39 is 0 Å². The van der Waals surface area contributed by atoms with Crippen molar-refractivity contribution in [1.29, 1.82) is 0 Å². The number of aryl methyl sites for hydroxylation is 2. The lowest BCUT2D eigenvalue weighted by atomic mass is 10.2. The molecule has 0 aliphatic rings. The van der Waals surface area contributed by atoms with Gasteiger partial charge in [-0.15, -0.1) is 10.2 Å². The van der Waals surface area contributed by atoms with Crippen LogP contribution in [0.25, 0.3) is 0 Å². The van der Waals surface area contributed by atoms with Gasteiger partial charge < -0.3 is 5.32 Å². The molecule has 0 saturated carbocycles. The summed E-state index contributed by atoms with van der Waals surface area (Å²) in [6.45, 7) is 4.86. The first-order valence-electron chi connectivity index (χ1n) is 7.85. The van der Waals surface area contributed by atoms with E-state index >= 15 is 0 Å². The Bertz CT molecular complexity index is 766. The van der Waals surface area contributed by atoms with Crippen LogP contribution in [0.3, 0.4) is 0 Å². The smallest absolute Gasteiger partial charge is 0.248 e. The molecule has 23 heavy (non-hydrogen) atoms.